The maximum absolute atomic E-state index is 11.0. The topological polar surface area (TPSA) is 108 Å². The van der Waals surface area contributed by atoms with Gasteiger partial charge in [-0.2, -0.15) is 15.1 Å². The van der Waals surface area contributed by atoms with Gasteiger partial charge in [0.05, 0.1) is 38.9 Å². The van der Waals surface area contributed by atoms with Crippen molar-refractivity contribution in [3.63, 3.8) is 0 Å². The van der Waals surface area contributed by atoms with Crippen molar-refractivity contribution in [1.29, 1.82) is 0 Å². The lowest BCUT2D eigenvalue weighted by Gasteiger charge is -2.11. The third-order valence-corrected chi connectivity index (χ3v) is 4.21. The zero-order valence-corrected chi connectivity index (χ0v) is 19.4. The van der Waals surface area contributed by atoms with E-state index < -0.39 is 5.97 Å². The Balaban J connectivity index is 1.88. The molecule has 0 saturated heterocycles. The third-order valence-electron chi connectivity index (χ3n) is 4.21. The van der Waals surface area contributed by atoms with Crippen LogP contribution in [0.2, 0.25) is 0 Å². The molecule has 0 unspecified atom stereocenters. The molecule has 0 saturated carbocycles. The van der Waals surface area contributed by atoms with Gasteiger partial charge in [0.25, 0.3) is 0 Å². The molecule has 2 aromatic rings. The maximum Gasteiger partial charge on any atom is 0.330 e. The van der Waals surface area contributed by atoms with Crippen LogP contribution < -0.4 is 14.4 Å². The van der Waals surface area contributed by atoms with Gasteiger partial charge in [0.2, 0.25) is 5.75 Å². The first-order valence-corrected chi connectivity index (χ1v) is 10.9. The van der Waals surface area contributed by atoms with E-state index in [0.29, 0.717) is 56.5 Å². The summed E-state index contributed by atoms with van der Waals surface area (Å²) in [6.07, 6.45) is 5.58. The van der Waals surface area contributed by atoms with Gasteiger partial charge in [0.1, 0.15) is 0 Å². The molecule has 0 aromatic heterocycles. The van der Waals surface area contributed by atoms with Crippen LogP contribution in [0, 0.1) is 0 Å². The van der Waals surface area contributed by atoms with E-state index >= 15 is 0 Å². The number of carbonyl (C=O) groups excluding carboxylic acids is 1. The summed E-state index contributed by atoms with van der Waals surface area (Å²) in [5, 5.41) is 17.9. The van der Waals surface area contributed by atoms with Gasteiger partial charge in [-0.15, -0.1) is 0 Å². The monoisotopic (exact) mass is 470 g/mol. The Morgan fingerprint density at radius 3 is 2.21 bits per heavy atom. The van der Waals surface area contributed by atoms with E-state index in [1.54, 1.807) is 48.8 Å². The fourth-order valence-corrected chi connectivity index (χ4v) is 2.62. The summed E-state index contributed by atoms with van der Waals surface area (Å²) in [5.41, 5.74) is 1.51. The summed E-state index contributed by atoms with van der Waals surface area (Å²) in [6.45, 7) is 8.58. The van der Waals surface area contributed by atoms with E-state index in [9.17, 15) is 9.90 Å². The predicted molar refractivity (Wildman–Crippen MR) is 129 cm³/mol. The highest BCUT2D eigenvalue weighted by atomic mass is 17.2. The van der Waals surface area contributed by atoms with E-state index in [-0.39, 0.29) is 5.75 Å². The average molecular weight is 471 g/mol. The number of esters is 1. The van der Waals surface area contributed by atoms with E-state index in [1.165, 1.54) is 0 Å². The molecule has 0 fully saturated rings. The van der Waals surface area contributed by atoms with Gasteiger partial charge in [-0.25, -0.2) is 4.79 Å². The number of unbranched alkanes of at least 4 members (excludes halogenated alkanes) is 1. The number of rotatable bonds is 15. The minimum atomic E-state index is -0.441. The second-order valence-electron chi connectivity index (χ2n) is 6.77. The van der Waals surface area contributed by atoms with Crippen molar-refractivity contribution in [2.24, 2.45) is 10.2 Å². The van der Waals surface area contributed by atoms with Crippen LogP contribution in [0.15, 0.2) is 59.3 Å². The Hall–Kier alpha value is -3.85. The summed E-state index contributed by atoms with van der Waals surface area (Å²) in [6, 6.07) is 10.2. The molecule has 0 radical (unpaired) electrons. The van der Waals surface area contributed by atoms with E-state index in [0.717, 1.165) is 17.2 Å². The van der Waals surface area contributed by atoms with Crippen LogP contribution in [-0.2, 0) is 14.4 Å². The summed E-state index contributed by atoms with van der Waals surface area (Å²) in [7, 11) is 0. The molecule has 0 bridgehead atoms. The van der Waals surface area contributed by atoms with Crippen molar-refractivity contribution in [3.8, 4) is 23.0 Å². The molecule has 9 heteroatoms. The number of hydrogen-bond donors (Lipinski definition) is 1. The average Bonchev–Trinajstić information content (AvgIpc) is 2.84. The quantitative estimate of drug-likeness (QED) is 0.102. The molecule has 0 heterocycles. The van der Waals surface area contributed by atoms with Gasteiger partial charge < -0.3 is 24.2 Å². The van der Waals surface area contributed by atoms with Gasteiger partial charge in [-0.05, 0) is 74.2 Å². The van der Waals surface area contributed by atoms with Gasteiger partial charge >= 0.3 is 5.97 Å². The fourth-order valence-electron chi connectivity index (χ4n) is 2.62. The van der Waals surface area contributed by atoms with Crippen LogP contribution >= 0.6 is 0 Å². The molecule has 2 rings (SSSR count). The molecule has 0 aliphatic rings. The lowest BCUT2D eigenvalue weighted by atomic mass is 10.2. The fraction of sp³-hybridized carbons (Fsp3) is 0.320. The SMILES string of the molecule is C=CC(=O)OCCCCOOc1ccc(/C=N/N=C/c2ccc(O)c(OCC)c2)cc1OCC. The second kappa shape index (κ2) is 15.1. The molecule has 9 nitrogen and oxygen atoms in total. The van der Waals surface area contributed by atoms with E-state index in [2.05, 4.69) is 16.8 Å². The molecule has 1 N–H and O–H groups in total. The van der Waals surface area contributed by atoms with Crippen LogP contribution in [0.4, 0.5) is 0 Å². The standard InChI is InChI=1S/C25H30N2O7/c1-4-25(29)32-13-7-8-14-33-34-22-12-10-20(16-24(22)31-6-3)18-27-26-17-19-9-11-21(28)23(15-19)30-5-2/h4,9-12,15-18,28H,1,5-8,13-14H2,2-3H3/b26-17+,27-18+. The summed E-state index contributed by atoms with van der Waals surface area (Å²) >= 11 is 0. The summed E-state index contributed by atoms with van der Waals surface area (Å²) < 4.78 is 15.9. The molecule has 0 aliphatic heterocycles. The Bertz CT molecular complexity index is 989. The molecule has 0 amide bonds. The minimum absolute atomic E-state index is 0.0752. The van der Waals surface area contributed by atoms with Gasteiger partial charge in [-0.3, -0.25) is 0 Å². The Labute approximate surface area is 199 Å². The zero-order chi connectivity index (χ0) is 24.6. The molecule has 0 spiro atoms. The van der Waals surface area contributed by atoms with Crippen LogP contribution in [-0.4, -0.2) is 49.9 Å². The lowest BCUT2D eigenvalue weighted by Crippen LogP contribution is -2.05. The summed E-state index contributed by atoms with van der Waals surface area (Å²) in [4.78, 5) is 21.6. The first-order valence-electron chi connectivity index (χ1n) is 10.9. The van der Waals surface area contributed by atoms with Gasteiger partial charge in [-0.1, -0.05) is 6.58 Å². The predicted octanol–water partition coefficient (Wildman–Crippen LogP) is 4.46. The van der Waals surface area contributed by atoms with Crippen molar-refractivity contribution < 1.29 is 33.9 Å². The van der Waals surface area contributed by atoms with Crippen LogP contribution in [0.25, 0.3) is 0 Å². The van der Waals surface area contributed by atoms with Crippen molar-refractivity contribution in [2.45, 2.75) is 26.7 Å². The molecular formula is C25H30N2O7. The second-order valence-corrected chi connectivity index (χ2v) is 6.77. The normalized spacial score (nSPS) is 11.0. The first kappa shape index (κ1) is 26.4. The van der Waals surface area contributed by atoms with Gasteiger partial charge in [0.15, 0.2) is 17.2 Å². The highest BCUT2D eigenvalue weighted by Crippen LogP contribution is 2.28. The number of phenolic OH excluding ortho intramolecular Hbond substituents is 1. The number of carbonyl (C=O) groups is 1. The van der Waals surface area contributed by atoms with E-state index in [4.69, 9.17) is 24.0 Å². The molecule has 0 atom stereocenters. The Kier molecular flexibility index (Phi) is 11.7. The third kappa shape index (κ3) is 9.33. The largest absolute Gasteiger partial charge is 0.504 e. The van der Waals surface area contributed by atoms with E-state index in [1.807, 2.05) is 13.8 Å². The van der Waals surface area contributed by atoms with Crippen molar-refractivity contribution in [1.82, 2.24) is 0 Å². The Morgan fingerprint density at radius 1 is 0.912 bits per heavy atom. The smallest absolute Gasteiger partial charge is 0.330 e. The molecular weight excluding hydrogens is 440 g/mol. The molecule has 2 aromatic carbocycles. The van der Waals surface area contributed by atoms with Crippen molar-refractivity contribution in [3.05, 3.63) is 60.2 Å². The number of ether oxygens (including phenoxy) is 3. The minimum Gasteiger partial charge on any atom is -0.504 e. The van der Waals surface area contributed by atoms with Crippen molar-refractivity contribution in [2.75, 3.05) is 26.4 Å². The number of aromatic hydroxyl groups is 1. The highest BCUT2D eigenvalue weighted by molar-refractivity contribution is 5.84. The first-order chi connectivity index (χ1) is 16.6. The van der Waals surface area contributed by atoms with Crippen LogP contribution in [0.1, 0.15) is 37.8 Å². The lowest BCUT2D eigenvalue weighted by molar-refractivity contribution is -0.208. The number of nitrogens with zero attached hydrogens (tertiary/aromatic N) is 2. The maximum atomic E-state index is 11.0. The van der Waals surface area contributed by atoms with Crippen LogP contribution in [0.3, 0.4) is 0 Å². The van der Waals surface area contributed by atoms with Crippen LogP contribution in [0.5, 0.6) is 23.0 Å². The molecule has 34 heavy (non-hydrogen) atoms. The zero-order valence-electron chi connectivity index (χ0n) is 19.4. The Morgan fingerprint density at radius 2 is 1.53 bits per heavy atom. The number of phenols is 1. The molecule has 182 valence electrons. The summed E-state index contributed by atoms with van der Waals surface area (Å²) in [5.74, 6) is 0.976. The van der Waals surface area contributed by atoms with Gasteiger partial charge in [0, 0.05) is 6.08 Å². The molecule has 0 aliphatic carbocycles. The van der Waals surface area contributed by atoms with Crippen molar-refractivity contribution >= 4 is 18.4 Å². The number of hydrogen-bond acceptors (Lipinski definition) is 9. The number of benzene rings is 2. The highest BCUT2D eigenvalue weighted by Gasteiger charge is 2.07.